The monoisotopic (exact) mass is 512 g/mol. The van der Waals surface area contributed by atoms with Crippen LogP contribution in [-0.2, 0) is 19.1 Å². The quantitative estimate of drug-likeness (QED) is 0.382. The summed E-state index contributed by atoms with van der Waals surface area (Å²) in [6, 6.07) is 4.66. The number of hydrogen-bond donors (Lipinski definition) is 1. The Bertz CT molecular complexity index is 1070. The molecule has 4 rings (SSSR count). The highest BCUT2D eigenvalue weighted by molar-refractivity contribution is 8.02. The number of aryl methyl sites for hydroxylation is 2. The largest absolute Gasteiger partial charge is 0.461 e. The van der Waals surface area contributed by atoms with E-state index in [4.69, 9.17) is 4.74 Å². The van der Waals surface area contributed by atoms with E-state index in [1.165, 1.54) is 6.08 Å². The van der Waals surface area contributed by atoms with Crippen LogP contribution >= 0.6 is 11.8 Å². The van der Waals surface area contributed by atoms with Crippen LogP contribution < -0.4 is 4.90 Å². The van der Waals surface area contributed by atoms with E-state index in [1.807, 2.05) is 39.0 Å². The van der Waals surface area contributed by atoms with Gasteiger partial charge in [0.15, 0.2) is 0 Å². The Balaban J connectivity index is 1.82. The molecule has 1 aromatic rings. The Morgan fingerprint density at radius 3 is 2.72 bits per heavy atom. The van der Waals surface area contributed by atoms with Gasteiger partial charge in [0.25, 0.3) is 5.91 Å². The second-order valence-electron chi connectivity index (χ2n) is 9.99. The Morgan fingerprint density at radius 1 is 1.33 bits per heavy atom. The number of nitrogens with zero attached hydrogens (tertiary/aromatic N) is 2. The minimum Gasteiger partial charge on any atom is -0.461 e. The third-order valence-corrected chi connectivity index (χ3v) is 9.85. The van der Waals surface area contributed by atoms with Crippen LogP contribution in [0, 0.1) is 25.7 Å². The molecule has 0 radical (unpaired) electrons. The van der Waals surface area contributed by atoms with Crippen LogP contribution in [0.25, 0.3) is 0 Å². The topological polar surface area (TPSA) is 87.2 Å². The van der Waals surface area contributed by atoms with Crippen LogP contribution in [0.3, 0.4) is 0 Å². The number of carbonyl (C=O) groups is 3. The third kappa shape index (κ3) is 4.08. The molecule has 3 aliphatic heterocycles. The zero-order chi connectivity index (χ0) is 26.2. The zero-order valence-corrected chi connectivity index (χ0v) is 22.1. The predicted molar refractivity (Wildman–Crippen MR) is 142 cm³/mol. The van der Waals surface area contributed by atoms with Crippen molar-refractivity contribution in [3.05, 3.63) is 54.6 Å². The maximum absolute atomic E-state index is 14.5. The van der Waals surface area contributed by atoms with E-state index in [-0.39, 0.29) is 36.8 Å². The van der Waals surface area contributed by atoms with Crippen molar-refractivity contribution in [2.75, 3.05) is 24.7 Å². The first kappa shape index (κ1) is 26.5. The Kier molecular flexibility index (Phi) is 7.67. The number of hydrogen-bond acceptors (Lipinski definition) is 6. The smallest absolute Gasteiger partial charge is 0.311 e. The molecule has 2 bridgehead atoms. The molecule has 36 heavy (non-hydrogen) atoms. The second kappa shape index (κ2) is 10.4. The van der Waals surface area contributed by atoms with Crippen molar-refractivity contribution in [1.82, 2.24) is 4.90 Å². The van der Waals surface area contributed by atoms with Crippen LogP contribution in [-0.4, -0.2) is 69.6 Å². The Labute approximate surface area is 217 Å². The number of amides is 2. The average Bonchev–Trinajstić information content (AvgIpc) is 3.51. The molecule has 7 nitrogen and oxygen atoms in total. The highest BCUT2D eigenvalue weighted by Crippen LogP contribution is 2.67. The SMILES string of the molecule is C=CCOC(=O)[C@@H]1[C@@H]2CCC3(S2)C(C(=O)N(CC=C)c2cc(C)ccc2C)N([C@@H](CC)CO)C(=O)[C@H]13. The second-order valence-corrected chi connectivity index (χ2v) is 11.6. The Morgan fingerprint density at radius 2 is 2.08 bits per heavy atom. The fourth-order valence-electron chi connectivity index (χ4n) is 6.28. The van der Waals surface area contributed by atoms with E-state index in [9.17, 15) is 19.5 Å². The van der Waals surface area contributed by atoms with E-state index >= 15 is 0 Å². The predicted octanol–water partition coefficient (Wildman–Crippen LogP) is 3.41. The van der Waals surface area contributed by atoms with Crippen LogP contribution in [0.15, 0.2) is 43.5 Å². The van der Waals surface area contributed by atoms with Crippen LogP contribution in [0.1, 0.15) is 37.3 Å². The minimum absolute atomic E-state index is 0.0727. The van der Waals surface area contributed by atoms with E-state index in [0.717, 1.165) is 23.2 Å². The summed E-state index contributed by atoms with van der Waals surface area (Å²) in [4.78, 5) is 45.0. The number of thioether (sulfide) groups is 1. The molecule has 194 valence electrons. The number of esters is 1. The number of anilines is 1. The van der Waals surface area contributed by atoms with Crippen LogP contribution in [0.5, 0.6) is 0 Å². The lowest BCUT2D eigenvalue weighted by atomic mass is 9.71. The number of aliphatic hydroxyl groups excluding tert-OH is 1. The number of rotatable bonds is 10. The summed E-state index contributed by atoms with van der Waals surface area (Å²) in [5, 5.41) is 10.1. The summed E-state index contributed by atoms with van der Waals surface area (Å²) < 4.78 is 4.67. The zero-order valence-electron chi connectivity index (χ0n) is 21.3. The lowest BCUT2D eigenvalue weighted by Gasteiger charge is -2.39. The average molecular weight is 513 g/mol. The Hall–Kier alpha value is -2.58. The van der Waals surface area contributed by atoms with E-state index in [0.29, 0.717) is 12.8 Å². The normalized spacial score (nSPS) is 29.1. The van der Waals surface area contributed by atoms with Gasteiger partial charge >= 0.3 is 5.97 Å². The van der Waals surface area contributed by atoms with Gasteiger partial charge in [-0.05, 0) is 50.3 Å². The molecule has 3 fully saturated rings. The van der Waals surface area contributed by atoms with Gasteiger partial charge in [-0.2, -0.15) is 0 Å². The van der Waals surface area contributed by atoms with E-state index in [2.05, 4.69) is 13.2 Å². The molecule has 3 heterocycles. The number of fused-ring (bicyclic) bond motifs is 1. The number of carbonyl (C=O) groups excluding carboxylic acids is 3. The van der Waals surface area contributed by atoms with Gasteiger partial charge in [-0.1, -0.05) is 37.8 Å². The molecule has 1 spiro atoms. The lowest BCUT2D eigenvalue weighted by molar-refractivity contribution is -0.153. The molecule has 6 atom stereocenters. The summed E-state index contributed by atoms with van der Waals surface area (Å²) in [6.45, 7) is 13.4. The van der Waals surface area contributed by atoms with Gasteiger partial charge in [0, 0.05) is 17.5 Å². The third-order valence-electron chi connectivity index (χ3n) is 7.90. The van der Waals surface area contributed by atoms with Gasteiger partial charge in [-0.3, -0.25) is 14.4 Å². The standard InChI is InChI=1S/C28H36N2O5S/c1-6-13-29(20-15-17(4)9-10-18(20)5)26(33)24-28-12-11-21(36-28)22(27(34)35-14-7-2)23(28)25(32)30(24)19(8-3)16-31/h6-7,9-10,15,19,21-24,31H,1-2,8,11-14,16H2,3-5H3/t19-,21-,22+,23-,24?,28?/m0/s1. The molecule has 2 unspecified atom stereocenters. The number of ether oxygens (including phenoxy) is 1. The molecule has 0 saturated carbocycles. The van der Waals surface area contributed by atoms with Gasteiger partial charge in [0.1, 0.15) is 12.6 Å². The van der Waals surface area contributed by atoms with E-state index in [1.54, 1.807) is 27.6 Å². The summed E-state index contributed by atoms with van der Waals surface area (Å²) in [7, 11) is 0. The fourth-order valence-corrected chi connectivity index (χ4v) is 8.46. The van der Waals surface area contributed by atoms with Crippen molar-refractivity contribution in [3.8, 4) is 0 Å². The molecule has 2 amide bonds. The summed E-state index contributed by atoms with van der Waals surface area (Å²) in [5.74, 6) is -2.10. The van der Waals surface area contributed by atoms with Gasteiger partial charge in [0.2, 0.25) is 5.91 Å². The van der Waals surface area contributed by atoms with Gasteiger partial charge in [-0.25, -0.2) is 0 Å². The first-order valence-corrected chi connectivity index (χ1v) is 13.5. The molecule has 1 aromatic carbocycles. The maximum atomic E-state index is 14.5. The summed E-state index contributed by atoms with van der Waals surface area (Å²) in [6.07, 6.45) is 5.10. The van der Waals surface area contributed by atoms with Crippen molar-refractivity contribution < 1.29 is 24.2 Å². The lowest BCUT2D eigenvalue weighted by Crippen LogP contribution is -2.57. The minimum atomic E-state index is -0.792. The van der Waals surface area contributed by atoms with Gasteiger partial charge < -0.3 is 19.6 Å². The molecular weight excluding hydrogens is 476 g/mol. The van der Waals surface area contributed by atoms with Crippen molar-refractivity contribution >= 4 is 35.2 Å². The van der Waals surface area contributed by atoms with Gasteiger partial charge in [-0.15, -0.1) is 18.3 Å². The maximum Gasteiger partial charge on any atom is 0.311 e. The van der Waals surface area contributed by atoms with Crippen LogP contribution in [0.2, 0.25) is 0 Å². The number of aliphatic hydroxyl groups is 1. The van der Waals surface area contributed by atoms with Crippen molar-refractivity contribution in [2.45, 2.75) is 62.1 Å². The molecule has 0 aromatic heterocycles. The molecule has 3 aliphatic rings. The molecular formula is C28H36N2O5S. The van der Waals surface area contributed by atoms with E-state index < -0.39 is 34.6 Å². The van der Waals surface area contributed by atoms with Gasteiger partial charge in [0.05, 0.1) is 29.2 Å². The number of likely N-dealkylation sites (tertiary alicyclic amines) is 1. The summed E-state index contributed by atoms with van der Waals surface area (Å²) >= 11 is 1.60. The first-order valence-electron chi connectivity index (χ1n) is 12.6. The highest BCUT2D eigenvalue weighted by Gasteiger charge is 2.74. The van der Waals surface area contributed by atoms with Crippen molar-refractivity contribution in [1.29, 1.82) is 0 Å². The summed E-state index contributed by atoms with van der Waals surface area (Å²) in [5.41, 5.74) is 2.75. The molecule has 0 aliphatic carbocycles. The van der Waals surface area contributed by atoms with Crippen molar-refractivity contribution in [2.24, 2.45) is 11.8 Å². The highest BCUT2D eigenvalue weighted by atomic mass is 32.2. The fraction of sp³-hybridized carbons (Fsp3) is 0.536. The van der Waals surface area contributed by atoms with Crippen molar-refractivity contribution in [3.63, 3.8) is 0 Å². The molecule has 3 saturated heterocycles. The molecule has 1 N–H and O–H groups in total. The van der Waals surface area contributed by atoms with Crippen LogP contribution in [0.4, 0.5) is 5.69 Å². The first-order chi connectivity index (χ1) is 17.2. The molecule has 8 heteroatoms. The number of benzene rings is 1.